The van der Waals surface area contributed by atoms with Gasteiger partial charge in [0, 0.05) is 30.5 Å². The van der Waals surface area contributed by atoms with E-state index in [1.54, 1.807) is 12.1 Å². The monoisotopic (exact) mass is 379 g/mol. The van der Waals surface area contributed by atoms with Crippen molar-refractivity contribution < 1.29 is 9.72 Å². The molecule has 1 fully saturated rings. The highest BCUT2D eigenvalue weighted by atomic mass is 32.2. The Morgan fingerprint density at radius 2 is 2.12 bits per heavy atom. The second-order valence-electron chi connectivity index (χ2n) is 5.60. The summed E-state index contributed by atoms with van der Waals surface area (Å²) in [6.45, 7) is 2.30. The third kappa shape index (κ3) is 4.26. The van der Waals surface area contributed by atoms with E-state index >= 15 is 0 Å². The molecule has 0 aliphatic carbocycles. The number of benzene rings is 1. The smallest absolute Gasteiger partial charge is 0.293 e. The van der Waals surface area contributed by atoms with Crippen LogP contribution in [0.2, 0.25) is 0 Å². The molecule has 3 rings (SSSR count). The van der Waals surface area contributed by atoms with Crippen molar-refractivity contribution in [2.45, 2.75) is 12.8 Å². The maximum Gasteiger partial charge on any atom is 0.293 e. The number of carbonyl (C=O) groups is 1. The van der Waals surface area contributed by atoms with Crippen molar-refractivity contribution in [3.05, 3.63) is 33.9 Å². The van der Waals surface area contributed by atoms with Gasteiger partial charge < -0.3 is 10.2 Å². The molecule has 0 unspecified atom stereocenters. The molecule has 25 heavy (non-hydrogen) atoms. The van der Waals surface area contributed by atoms with Gasteiger partial charge in [-0.3, -0.25) is 25.2 Å². The quantitative estimate of drug-likeness (QED) is 0.470. The Kier molecular flexibility index (Phi) is 5.49. The van der Waals surface area contributed by atoms with Gasteiger partial charge in [0.2, 0.25) is 0 Å². The summed E-state index contributed by atoms with van der Waals surface area (Å²) in [6.07, 6.45) is 2.03. The van der Waals surface area contributed by atoms with E-state index in [-0.39, 0.29) is 16.4 Å². The van der Waals surface area contributed by atoms with Gasteiger partial charge >= 0.3 is 0 Å². The van der Waals surface area contributed by atoms with Crippen LogP contribution in [-0.2, 0) is 0 Å². The van der Waals surface area contributed by atoms with Crippen molar-refractivity contribution in [2.75, 3.05) is 30.3 Å². The fraction of sp³-hybridized carbons (Fsp3) is 0.400. The van der Waals surface area contributed by atoms with Crippen LogP contribution in [0.25, 0.3) is 0 Å². The van der Waals surface area contributed by atoms with Crippen LogP contribution in [0.15, 0.2) is 23.2 Å². The molecule has 0 aromatic heterocycles. The number of nitrogens with one attached hydrogen (secondary N) is 2. The van der Waals surface area contributed by atoms with Gasteiger partial charge in [0.05, 0.1) is 11.5 Å². The molecular formula is C15H17N5O3S2. The number of hydrogen-bond donors (Lipinski definition) is 2. The molecule has 1 aromatic carbocycles. The van der Waals surface area contributed by atoms with E-state index in [0.29, 0.717) is 17.4 Å². The molecule has 2 aliphatic heterocycles. The van der Waals surface area contributed by atoms with Crippen molar-refractivity contribution in [1.29, 1.82) is 0 Å². The molecule has 0 radical (unpaired) electrons. The van der Waals surface area contributed by atoms with Gasteiger partial charge in [0.1, 0.15) is 5.69 Å². The van der Waals surface area contributed by atoms with E-state index < -0.39 is 10.8 Å². The normalized spacial score (nSPS) is 16.5. The molecule has 0 saturated carbocycles. The molecule has 2 N–H and O–H groups in total. The summed E-state index contributed by atoms with van der Waals surface area (Å²) in [4.78, 5) is 29.4. The summed E-state index contributed by atoms with van der Waals surface area (Å²) < 4.78 is 0. The third-order valence-electron chi connectivity index (χ3n) is 3.91. The van der Waals surface area contributed by atoms with Gasteiger partial charge in [-0.1, -0.05) is 11.8 Å². The number of amides is 1. The van der Waals surface area contributed by atoms with Gasteiger partial charge in [0.15, 0.2) is 10.3 Å². The molecule has 132 valence electrons. The second-order valence-corrected chi connectivity index (χ2v) is 7.09. The Balaban J connectivity index is 1.72. The van der Waals surface area contributed by atoms with Crippen LogP contribution in [-0.4, -0.2) is 46.5 Å². The van der Waals surface area contributed by atoms with Crippen LogP contribution in [0.3, 0.4) is 0 Å². The lowest BCUT2D eigenvalue weighted by Crippen LogP contribution is -2.41. The number of hydrogen-bond acceptors (Lipinski definition) is 7. The van der Waals surface area contributed by atoms with E-state index in [1.165, 1.54) is 17.8 Å². The number of carbonyl (C=O) groups excluding carboxylic acids is 1. The summed E-state index contributed by atoms with van der Waals surface area (Å²) >= 11 is 6.61. The molecule has 0 atom stereocenters. The Labute approximate surface area is 154 Å². The number of thioether (sulfide) groups is 1. The zero-order chi connectivity index (χ0) is 17.8. The number of aliphatic imine (C=N–C) groups is 1. The number of nitrogens with zero attached hydrogens (tertiary/aromatic N) is 3. The van der Waals surface area contributed by atoms with Crippen LogP contribution in [0, 0.1) is 10.1 Å². The second kappa shape index (κ2) is 7.79. The number of rotatable bonds is 3. The average Bonchev–Trinajstić information content (AvgIpc) is 3.27. The lowest BCUT2D eigenvalue weighted by Gasteiger charge is -2.18. The zero-order valence-corrected chi connectivity index (χ0v) is 15.0. The fourth-order valence-electron chi connectivity index (χ4n) is 2.75. The third-order valence-corrected chi connectivity index (χ3v) is 5.01. The molecule has 0 spiro atoms. The van der Waals surface area contributed by atoms with Crippen LogP contribution in [0.1, 0.15) is 23.2 Å². The maximum atomic E-state index is 12.3. The predicted octanol–water partition coefficient (Wildman–Crippen LogP) is 1.90. The summed E-state index contributed by atoms with van der Waals surface area (Å²) in [7, 11) is 0. The maximum absolute atomic E-state index is 12.3. The largest absolute Gasteiger partial charge is 0.366 e. The number of amidine groups is 1. The Hall–Kier alpha value is -2.20. The Morgan fingerprint density at radius 3 is 2.76 bits per heavy atom. The van der Waals surface area contributed by atoms with E-state index in [2.05, 4.69) is 15.6 Å². The topological polar surface area (TPSA) is 99.9 Å². The van der Waals surface area contributed by atoms with Gasteiger partial charge in [-0.05, 0) is 37.2 Å². The molecule has 0 bridgehead atoms. The average molecular weight is 379 g/mol. The molecule has 1 amide bonds. The van der Waals surface area contributed by atoms with Crippen molar-refractivity contribution in [1.82, 2.24) is 10.6 Å². The highest BCUT2D eigenvalue weighted by Crippen LogP contribution is 2.31. The first-order valence-corrected chi connectivity index (χ1v) is 9.27. The van der Waals surface area contributed by atoms with Gasteiger partial charge in [-0.15, -0.1) is 0 Å². The minimum absolute atomic E-state index is 0.0656. The SMILES string of the molecule is O=C(NC(=S)NC1=NCCS1)c1ccc(N2CCCC2)c([N+](=O)[O-])c1. The number of nitro groups is 1. The predicted molar refractivity (Wildman–Crippen MR) is 103 cm³/mol. The van der Waals surface area contributed by atoms with Gasteiger partial charge in [-0.2, -0.15) is 0 Å². The number of nitro benzene ring substituents is 1. The zero-order valence-electron chi connectivity index (χ0n) is 13.4. The molecule has 2 heterocycles. The van der Waals surface area contributed by atoms with Gasteiger partial charge in [0.25, 0.3) is 11.6 Å². The van der Waals surface area contributed by atoms with Crippen molar-refractivity contribution in [3.8, 4) is 0 Å². The summed E-state index contributed by atoms with van der Waals surface area (Å²) in [5, 5.41) is 17.6. The molecule has 1 aromatic rings. The van der Waals surface area contributed by atoms with E-state index in [4.69, 9.17) is 12.2 Å². The molecule has 2 aliphatic rings. The van der Waals surface area contributed by atoms with Crippen molar-refractivity contribution >= 4 is 51.5 Å². The minimum atomic E-state index is -0.489. The highest BCUT2D eigenvalue weighted by Gasteiger charge is 2.24. The van der Waals surface area contributed by atoms with Crippen LogP contribution >= 0.6 is 24.0 Å². The van der Waals surface area contributed by atoms with E-state index in [0.717, 1.165) is 31.7 Å². The van der Waals surface area contributed by atoms with Crippen molar-refractivity contribution in [3.63, 3.8) is 0 Å². The van der Waals surface area contributed by atoms with Crippen LogP contribution in [0.5, 0.6) is 0 Å². The summed E-state index contributed by atoms with van der Waals surface area (Å²) in [6, 6.07) is 4.51. The Morgan fingerprint density at radius 1 is 1.36 bits per heavy atom. The van der Waals surface area contributed by atoms with E-state index in [1.807, 2.05) is 4.90 Å². The number of anilines is 1. The number of thiocarbonyl (C=S) groups is 1. The van der Waals surface area contributed by atoms with Gasteiger partial charge in [-0.25, -0.2) is 0 Å². The molecule has 1 saturated heterocycles. The summed E-state index contributed by atoms with van der Waals surface area (Å²) in [5.74, 6) is 0.389. The minimum Gasteiger partial charge on any atom is -0.366 e. The lowest BCUT2D eigenvalue weighted by molar-refractivity contribution is -0.384. The first-order valence-electron chi connectivity index (χ1n) is 7.87. The van der Waals surface area contributed by atoms with Crippen LogP contribution < -0.4 is 15.5 Å². The van der Waals surface area contributed by atoms with E-state index in [9.17, 15) is 14.9 Å². The standard InChI is InChI=1S/C15H17N5O3S2/c21-13(17-14(24)18-15-16-5-8-25-15)10-3-4-11(12(9-10)20(22)23)19-6-1-2-7-19/h3-4,9H,1-2,5-8H2,(H2,16,17,18,21,24). The highest BCUT2D eigenvalue weighted by molar-refractivity contribution is 8.14. The first-order chi connectivity index (χ1) is 12.0. The lowest BCUT2D eigenvalue weighted by atomic mass is 10.1. The first kappa shape index (κ1) is 17.6. The summed E-state index contributed by atoms with van der Waals surface area (Å²) in [5.41, 5.74) is 0.681. The van der Waals surface area contributed by atoms with Crippen molar-refractivity contribution in [2.24, 2.45) is 4.99 Å². The van der Waals surface area contributed by atoms with Crippen LogP contribution in [0.4, 0.5) is 11.4 Å². The Bertz CT molecular complexity index is 747. The molecule has 10 heteroatoms. The molecule has 8 nitrogen and oxygen atoms in total. The fourth-order valence-corrected chi connectivity index (χ4v) is 3.74. The molecular weight excluding hydrogens is 362 g/mol.